The number of hydrogen-bond donors (Lipinski definition) is 0. The van der Waals surface area contributed by atoms with Gasteiger partial charge in [-0.3, -0.25) is 0 Å². The zero-order chi connectivity index (χ0) is 16.4. The third-order valence-electron chi connectivity index (χ3n) is 3.40. The van der Waals surface area contributed by atoms with Gasteiger partial charge >= 0.3 is 0 Å². The van der Waals surface area contributed by atoms with E-state index in [4.69, 9.17) is 13.6 Å². The van der Waals surface area contributed by atoms with Gasteiger partial charge in [-0.15, -0.1) is 10.2 Å². The van der Waals surface area contributed by atoms with Crippen molar-refractivity contribution in [2.45, 2.75) is 11.0 Å². The number of rotatable bonds is 5. The summed E-state index contributed by atoms with van der Waals surface area (Å²) < 4.78 is 16.7. The number of methoxy groups -OCH3 is 1. The minimum atomic E-state index is 0.431. The summed E-state index contributed by atoms with van der Waals surface area (Å²) in [5.41, 5.74) is 2.37. The predicted octanol–water partition coefficient (Wildman–Crippen LogP) is 4.18. The molecule has 0 fully saturated rings. The number of aromatic nitrogens is 3. The molecule has 4 aromatic rings. The van der Waals surface area contributed by atoms with E-state index in [2.05, 4.69) is 15.2 Å². The van der Waals surface area contributed by atoms with Crippen molar-refractivity contribution in [3.8, 4) is 17.2 Å². The fourth-order valence-corrected chi connectivity index (χ4v) is 2.95. The summed E-state index contributed by atoms with van der Waals surface area (Å²) in [4.78, 5) is 4.41. The molecule has 2 aromatic heterocycles. The summed E-state index contributed by atoms with van der Waals surface area (Å²) in [5.74, 6) is 2.11. The van der Waals surface area contributed by atoms with Crippen molar-refractivity contribution in [3.05, 3.63) is 54.4 Å². The Balaban J connectivity index is 1.51. The molecule has 0 amide bonds. The number of benzene rings is 2. The molecule has 0 aliphatic rings. The molecule has 0 saturated carbocycles. The van der Waals surface area contributed by atoms with E-state index in [0.717, 1.165) is 16.7 Å². The number of fused-ring (bicyclic) bond motifs is 1. The van der Waals surface area contributed by atoms with E-state index in [-0.39, 0.29) is 0 Å². The molecule has 0 aliphatic heterocycles. The maximum atomic E-state index is 5.72. The zero-order valence-electron chi connectivity index (χ0n) is 12.8. The summed E-state index contributed by atoms with van der Waals surface area (Å²) in [5, 5.41) is 8.74. The molecule has 120 valence electrons. The monoisotopic (exact) mass is 339 g/mol. The average molecular weight is 339 g/mol. The molecule has 0 aliphatic carbocycles. The molecule has 0 saturated heterocycles. The third-order valence-corrected chi connectivity index (χ3v) is 4.21. The van der Waals surface area contributed by atoms with Gasteiger partial charge in [0.15, 0.2) is 5.58 Å². The Labute approximate surface area is 141 Å². The predicted molar refractivity (Wildman–Crippen MR) is 89.9 cm³/mol. The highest BCUT2D eigenvalue weighted by Crippen LogP contribution is 2.30. The van der Waals surface area contributed by atoms with Crippen LogP contribution in [0.5, 0.6) is 5.75 Å². The molecule has 0 N–H and O–H groups in total. The van der Waals surface area contributed by atoms with Gasteiger partial charge < -0.3 is 13.6 Å². The Morgan fingerprint density at radius 1 is 1.00 bits per heavy atom. The van der Waals surface area contributed by atoms with Crippen LogP contribution >= 0.6 is 11.8 Å². The molecule has 0 radical (unpaired) electrons. The molecule has 0 spiro atoms. The quantitative estimate of drug-likeness (QED) is 0.505. The number of hydrogen-bond acceptors (Lipinski definition) is 7. The second-order valence-corrected chi connectivity index (χ2v) is 5.86. The fourth-order valence-electron chi connectivity index (χ4n) is 2.28. The topological polar surface area (TPSA) is 74.2 Å². The van der Waals surface area contributed by atoms with Crippen LogP contribution in [0.4, 0.5) is 0 Å². The SMILES string of the molecule is COc1ccccc1-c1nnc(CSc2nc3ccccc3o2)o1. The first-order valence-electron chi connectivity index (χ1n) is 7.27. The van der Waals surface area contributed by atoms with Crippen LogP contribution in [0, 0.1) is 0 Å². The van der Waals surface area contributed by atoms with E-state index in [1.54, 1.807) is 7.11 Å². The van der Waals surface area contributed by atoms with Gasteiger partial charge in [-0.1, -0.05) is 36.0 Å². The zero-order valence-corrected chi connectivity index (χ0v) is 13.6. The Kier molecular flexibility index (Phi) is 3.92. The first-order valence-corrected chi connectivity index (χ1v) is 8.26. The van der Waals surface area contributed by atoms with Gasteiger partial charge in [0.25, 0.3) is 11.1 Å². The van der Waals surface area contributed by atoms with E-state index in [9.17, 15) is 0 Å². The van der Waals surface area contributed by atoms with Crippen LogP contribution in [0.3, 0.4) is 0 Å². The summed E-state index contributed by atoms with van der Waals surface area (Å²) in [7, 11) is 1.61. The fraction of sp³-hybridized carbons (Fsp3) is 0.118. The van der Waals surface area contributed by atoms with Crippen LogP contribution in [0.25, 0.3) is 22.6 Å². The standard InChI is InChI=1S/C17H13N3O3S/c1-21-13-8-4-2-6-11(13)16-20-19-15(23-16)10-24-17-18-12-7-3-5-9-14(12)22-17/h2-9H,10H2,1H3. The summed E-state index contributed by atoms with van der Waals surface area (Å²) in [6, 6.07) is 15.2. The van der Waals surface area contributed by atoms with Crippen LogP contribution in [-0.2, 0) is 5.75 Å². The highest BCUT2D eigenvalue weighted by molar-refractivity contribution is 7.98. The minimum Gasteiger partial charge on any atom is -0.496 e. The summed E-state index contributed by atoms with van der Waals surface area (Å²) >= 11 is 1.41. The van der Waals surface area contributed by atoms with E-state index >= 15 is 0 Å². The maximum absolute atomic E-state index is 5.72. The van der Waals surface area contributed by atoms with E-state index in [1.165, 1.54) is 11.8 Å². The Bertz CT molecular complexity index is 947. The van der Waals surface area contributed by atoms with Crippen molar-refractivity contribution in [1.82, 2.24) is 15.2 Å². The molecule has 2 heterocycles. The van der Waals surface area contributed by atoms with Crippen molar-refractivity contribution < 1.29 is 13.6 Å². The number of nitrogens with zero attached hydrogens (tertiary/aromatic N) is 3. The molecular formula is C17H13N3O3S. The molecule has 2 aromatic carbocycles. The Hall–Kier alpha value is -2.80. The van der Waals surface area contributed by atoms with Gasteiger partial charge in [-0.05, 0) is 24.3 Å². The number of ether oxygens (including phenoxy) is 1. The lowest BCUT2D eigenvalue weighted by Crippen LogP contribution is -1.87. The van der Waals surface area contributed by atoms with Gasteiger partial charge in [0.2, 0.25) is 5.89 Å². The largest absolute Gasteiger partial charge is 0.496 e. The van der Waals surface area contributed by atoms with Gasteiger partial charge in [0, 0.05) is 0 Å². The lowest BCUT2D eigenvalue weighted by molar-refractivity contribution is 0.414. The maximum Gasteiger partial charge on any atom is 0.257 e. The lowest BCUT2D eigenvalue weighted by Gasteiger charge is -2.03. The van der Waals surface area contributed by atoms with Crippen molar-refractivity contribution in [3.63, 3.8) is 0 Å². The van der Waals surface area contributed by atoms with Crippen molar-refractivity contribution in [1.29, 1.82) is 0 Å². The van der Waals surface area contributed by atoms with Crippen molar-refractivity contribution in [2.75, 3.05) is 7.11 Å². The van der Waals surface area contributed by atoms with Crippen LogP contribution < -0.4 is 4.74 Å². The lowest BCUT2D eigenvalue weighted by atomic mass is 10.2. The Morgan fingerprint density at radius 3 is 2.71 bits per heavy atom. The minimum absolute atomic E-state index is 0.431. The molecule has 0 bridgehead atoms. The van der Waals surface area contributed by atoms with Gasteiger partial charge in [0.05, 0.1) is 18.4 Å². The van der Waals surface area contributed by atoms with Crippen LogP contribution in [0.2, 0.25) is 0 Å². The van der Waals surface area contributed by atoms with Crippen LogP contribution in [-0.4, -0.2) is 22.3 Å². The van der Waals surface area contributed by atoms with Crippen molar-refractivity contribution >= 4 is 22.9 Å². The molecular weight excluding hydrogens is 326 g/mol. The van der Waals surface area contributed by atoms with E-state index in [1.807, 2.05) is 48.5 Å². The second-order valence-electron chi connectivity index (χ2n) is 4.94. The van der Waals surface area contributed by atoms with Crippen LogP contribution in [0.15, 0.2) is 62.6 Å². The molecule has 7 heteroatoms. The number of para-hydroxylation sites is 3. The smallest absolute Gasteiger partial charge is 0.257 e. The average Bonchev–Trinajstić information content (AvgIpc) is 3.26. The molecule has 6 nitrogen and oxygen atoms in total. The normalized spacial score (nSPS) is 11.0. The third kappa shape index (κ3) is 2.85. The molecule has 0 unspecified atom stereocenters. The first kappa shape index (κ1) is 14.8. The summed E-state index contributed by atoms with van der Waals surface area (Å²) in [6.45, 7) is 0. The highest BCUT2D eigenvalue weighted by Gasteiger charge is 2.14. The summed E-state index contributed by atoms with van der Waals surface area (Å²) in [6.07, 6.45) is 0. The second kappa shape index (κ2) is 6.37. The molecule has 0 atom stereocenters. The number of thioether (sulfide) groups is 1. The van der Waals surface area contributed by atoms with E-state index in [0.29, 0.717) is 28.5 Å². The van der Waals surface area contributed by atoms with Gasteiger partial charge in [-0.2, -0.15) is 0 Å². The first-order chi connectivity index (χ1) is 11.8. The Morgan fingerprint density at radius 2 is 1.83 bits per heavy atom. The highest BCUT2D eigenvalue weighted by atomic mass is 32.2. The van der Waals surface area contributed by atoms with Gasteiger partial charge in [-0.25, -0.2) is 4.98 Å². The van der Waals surface area contributed by atoms with E-state index < -0.39 is 0 Å². The molecule has 4 rings (SSSR count). The van der Waals surface area contributed by atoms with Crippen molar-refractivity contribution in [2.24, 2.45) is 0 Å². The number of oxazole rings is 1. The van der Waals surface area contributed by atoms with Crippen LogP contribution in [0.1, 0.15) is 5.89 Å². The molecule has 24 heavy (non-hydrogen) atoms. The van der Waals surface area contributed by atoms with Gasteiger partial charge in [0.1, 0.15) is 11.3 Å².